The smallest absolute Gasteiger partial charge is 0.254 e. The average molecular weight is 281 g/mol. The van der Waals surface area contributed by atoms with E-state index in [0.29, 0.717) is 0 Å². The van der Waals surface area contributed by atoms with Crippen LogP contribution in [0.15, 0.2) is 42.5 Å². The molecule has 0 aromatic heterocycles. The van der Waals surface area contributed by atoms with Gasteiger partial charge in [0.05, 0.1) is 0 Å². The van der Waals surface area contributed by atoms with Gasteiger partial charge in [0.25, 0.3) is 5.91 Å². The monoisotopic (exact) mass is 281 g/mol. The van der Waals surface area contributed by atoms with Gasteiger partial charge in [-0.05, 0) is 50.5 Å². The number of nitrogens with zero attached hydrogens (tertiary/aromatic N) is 1. The first-order chi connectivity index (χ1) is 10.1. The van der Waals surface area contributed by atoms with E-state index in [0.717, 1.165) is 29.8 Å². The number of carbonyl (C=O) groups excluding carboxylic acids is 1. The molecule has 0 spiro atoms. The molecular weight excluding hydrogens is 258 g/mol. The van der Waals surface area contributed by atoms with E-state index in [1.54, 1.807) is 0 Å². The van der Waals surface area contributed by atoms with Crippen LogP contribution in [0.1, 0.15) is 35.3 Å². The summed E-state index contributed by atoms with van der Waals surface area (Å²) in [6, 6.07) is 14.3. The summed E-state index contributed by atoms with van der Waals surface area (Å²) in [4.78, 5) is 14.6. The molecule has 0 unspecified atom stereocenters. The van der Waals surface area contributed by atoms with E-state index in [2.05, 4.69) is 32.0 Å². The van der Waals surface area contributed by atoms with Crippen molar-refractivity contribution in [3.63, 3.8) is 0 Å². The Bertz CT molecular complexity index is 642. The Morgan fingerprint density at radius 3 is 2.24 bits per heavy atom. The Labute approximate surface area is 127 Å². The minimum atomic E-state index is 0.109. The van der Waals surface area contributed by atoms with Crippen LogP contribution in [0.5, 0.6) is 0 Å². The second-order valence-corrected chi connectivity index (χ2v) is 5.34. The summed E-state index contributed by atoms with van der Waals surface area (Å²) in [6.45, 7) is 9.65. The predicted molar refractivity (Wildman–Crippen MR) is 88.6 cm³/mol. The summed E-state index contributed by atoms with van der Waals surface area (Å²) in [7, 11) is 0. The van der Waals surface area contributed by atoms with Gasteiger partial charge >= 0.3 is 0 Å². The van der Waals surface area contributed by atoms with Crippen molar-refractivity contribution >= 4 is 5.91 Å². The Hall–Kier alpha value is -2.09. The number of rotatable bonds is 4. The summed E-state index contributed by atoms with van der Waals surface area (Å²) in [5, 5.41) is 0. The van der Waals surface area contributed by atoms with Gasteiger partial charge in [-0.2, -0.15) is 0 Å². The fraction of sp³-hybridized carbons (Fsp3) is 0.316. The van der Waals surface area contributed by atoms with E-state index in [9.17, 15) is 4.79 Å². The molecule has 110 valence electrons. The Kier molecular flexibility index (Phi) is 4.79. The Morgan fingerprint density at radius 2 is 1.62 bits per heavy atom. The quantitative estimate of drug-likeness (QED) is 0.810. The van der Waals surface area contributed by atoms with E-state index in [4.69, 9.17) is 0 Å². The minimum Gasteiger partial charge on any atom is -0.339 e. The van der Waals surface area contributed by atoms with Crippen LogP contribution in [-0.2, 0) is 0 Å². The Balaban J connectivity index is 2.58. The molecule has 0 heterocycles. The van der Waals surface area contributed by atoms with Gasteiger partial charge in [-0.1, -0.05) is 42.0 Å². The second-order valence-electron chi connectivity index (χ2n) is 5.34. The van der Waals surface area contributed by atoms with Crippen LogP contribution >= 0.6 is 0 Å². The fourth-order valence-corrected chi connectivity index (χ4v) is 2.62. The van der Waals surface area contributed by atoms with Crippen molar-refractivity contribution in [3.8, 4) is 11.1 Å². The zero-order chi connectivity index (χ0) is 15.4. The van der Waals surface area contributed by atoms with Gasteiger partial charge in [-0.3, -0.25) is 4.79 Å². The third kappa shape index (κ3) is 3.15. The number of hydrogen-bond acceptors (Lipinski definition) is 1. The van der Waals surface area contributed by atoms with Gasteiger partial charge in [0.1, 0.15) is 0 Å². The van der Waals surface area contributed by atoms with Gasteiger partial charge in [-0.15, -0.1) is 0 Å². The highest BCUT2D eigenvalue weighted by Gasteiger charge is 2.18. The van der Waals surface area contributed by atoms with Gasteiger partial charge < -0.3 is 4.90 Å². The minimum absolute atomic E-state index is 0.109. The number of benzene rings is 2. The highest BCUT2D eigenvalue weighted by molar-refractivity contribution is 6.01. The van der Waals surface area contributed by atoms with Gasteiger partial charge in [0.15, 0.2) is 0 Å². The van der Waals surface area contributed by atoms with Crippen molar-refractivity contribution in [1.82, 2.24) is 4.90 Å². The summed E-state index contributed by atoms with van der Waals surface area (Å²) in [6.07, 6.45) is 0. The molecule has 2 aromatic carbocycles. The molecule has 2 nitrogen and oxygen atoms in total. The summed E-state index contributed by atoms with van der Waals surface area (Å²) >= 11 is 0. The number of carbonyl (C=O) groups is 1. The molecule has 0 radical (unpaired) electrons. The van der Waals surface area contributed by atoms with Crippen LogP contribution < -0.4 is 0 Å². The molecule has 2 rings (SSSR count). The maximum atomic E-state index is 12.7. The normalized spacial score (nSPS) is 10.5. The molecule has 0 aliphatic carbocycles. The van der Waals surface area contributed by atoms with Crippen LogP contribution in [0.4, 0.5) is 0 Å². The van der Waals surface area contributed by atoms with Crippen molar-refractivity contribution in [2.75, 3.05) is 13.1 Å². The third-order valence-corrected chi connectivity index (χ3v) is 3.89. The first kappa shape index (κ1) is 15.3. The zero-order valence-electron chi connectivity index (χ0n) is 13.3. The van der Waals surface area contributed by atoms with Crippen LogP contribution in [0, 0.1) is 13.8 Å². The van der Waals surface area contributed by atoms with Gasteiger partial charge in [-0.25, -0.2) is 0 Å². The third-order valence-electron chi connectivity index (χ3n) is 3.89. The van der Waals surface area contributed by atoms with E-state index in [1.165, 1.54) is 11.1 Å². The first-order valence-corrected chi connectivity index (χ1v) is 7.54. The van der Waals surface area contributed by atoms with Crippen LogP contribution in [0.3, 0.4) is 0 Å². The summed E-state index contributed by atoms with van der Waals surface area (Å²) in [5.74, 6) is 0.109. The number of amides is 1. The predicted octanol–water partition coefficient (Wildman–Crippen LogP) is 4.45. The van der Waals surface area contributed by atoms with E-state index >= 15 is 0 Å². The molecule has 21 heavy (non-hydrogen) atoms. The largest absolute Gasteiger partial charge is 0.339 e. The van der Waals surface area contributed by atoms with Crippen molar-refractivity contribution in [1.29, 1.82) is 0 Å². The molecule has 2 heteroatoms. The number of hydrogen-bond donors (Lipinski definition) is 0. The highest BCUT2D eigenvalue weighted by Crippen LogP contribution is 2.28. The van der Waals surface area contributed by atoms with E-state index in [-0.39, 0.29) is 5.91 Å². The highest BCUT2D eigenvalue weighted by atomic mass is 16.2. The lowest BCUT2D eigenvalue weighted by atomic mass is 9.94. The molecule has 0 N–H and O–H groups in total. The lowest BCUT2D eigenvalue weighted by Crippen LogP contribution is -2.30. The van der Waals surface area contributed by atoms with Gasteiger partial charge in [0.2, 0.25) is 0 Å². The number of aryl methyl sites for hydroxylation is 2. The maximum absolute atomic E-state index is 12.7. The SMILES string of the molecule is CCN(CC)C(=O)c1ccc(C)cc1-c1ccccc1C. The van der Waals surface area contributed by atoms with Crippen LogP contribution in [0.2, 0.25) is 0 Å². The molecule has 0 atom stereocenters. The summed E-state index contributed by atoms with van der Waals surface area (Å²) in [5.41, 5.74) is 5.32. The summed E-state index contributed by atoms with van der Waals surface area (Å²) < 4.78 is 0. The molecule has 0 saturated carbocycles. The molecule has 0 saturated heterocycles. The molecule has 0 aliphatic heterocycles. The lowest BCUT2D eigenvalue weighted by Gasteiger charge is -2.21. The van der Waals surface area contributed by atoms with Crippen LogP contribution in [0.25, 0.3) is 11.1 Å². The van der Waals surface area contributed by atoms with Crippen molar-refractivity contribution in [2.45, 2.75) is 27.7 Å². The lowest BCUT2D eigenvalue weighted by molar-refractivity contribution is 0.0774. The molecule has 0 aliphatic rings. The van der Waals surface area contributed by atoms with Crippen molar-refractivity contribution in [3.05, 3.63) is 59.2 Å². The van der Waals surface area contributed by atoms with Gasteiger partial charge in [0, 0.05) is 18.7 Å². The fourth-order valence-electron chi connectivity index (χ4n) is 2.62. The van der Waals surface area contributed by atoms with Crippen molar-refractivity contribution in [2.24, 2.45) is 0 Å². The molecule has 1 amide bonds. The molecule has 2 aromatic rings. The second kappa shape index (κ2) is 6.57. The first-order valence-electron chi connectivity index (χ1n) is 7.54. The average Bonchev–Trinajstić information content (AvgIpc) is 2.48. The maximum Gasteiger partial charge on any atom is 0.254 e. The molecular formula is C19H23NO. The molecule has 0 fully saturated rings. The zero-order valence-corrected chi connectivity index (χ0v) is 13.3. The van der Waals surface area contributed by atoms with Crippen molar-refractivity contribution < 1.29 is 4.79 Å². The van der Waals surface area contributed by atoms with Crippen LogP contribution in [-0.4, -0.2) is 23.9 Å². The van der Waals surface area contributed by atoms with E-state index < -0.39 is 0 Å². The topological polar surface area (TPSA) is 20.3 Å². The van der Waals surface area contributed by atoms with E-state index in [1.807, 2.05) is 43.0 Å². The Morgan fingerprint density at radius 1 is 0.952 bits per heavy atom. The molecule has 0 bridgehead atoms. The standard InChI is InChI=1S/C19H23NO/c1-5-20(6-2)19(21)17-12-11-14(3)13-18(17)16-10-8-7-9-15(16)4/h7-13H,5-6H2,1-4H3.